The van der Waals surface area contributed by atoms with Gasteiger partial charge in [0.1, 0.15) is 4.90 Å². The molecule has 0 bridgehead atoms. The highest BCUT2D eigenvalue weighted by molar-refractivity contribution is 7.89. The zero-order chi connectivity index (χ0) is 15.6. The van der Waals surface area contributed by atoms with E-state index in [1.165, 1.54) is 19.4 Å². The zero-order valence-corrected chi connectivity index (χ0v) is 13.3. The Morgan fingerprint density at radius 1 is 1.19 bits per heavy atom. The standard InChI is InChI=1S/C13H12Cl2N2O3S/c1-17(8-9-4-10(14)6-11(15)5-9)21(19,20)13-7-16-3-2-12(13)18/h2-7H,8H2,1H3,(H,16,18). The number of hydrogen-bond donors (Lipinski definition) is 1. The van der Waals surface area contributed by atoms with Crippen LogP contribution in [0.4, 0.5) is 0 Å². The van der Waals surface area contributed by atoms with Crippen LogP contribution in [0, 0.1) is 0 Å². The van der Waals surface area contributed by atoms with Crippen molar-refractivity contribution in [1.29, 1.82) is 0 Å². The highest BCUT2D eigenvalue weighted by Gasteiger charge is 2.23. The number of nitrogens with zero attached hydrogens (tertiary/aromatic N) is 1. The molecule has 21 heavy (non-hydrogen) atoms. The molecule has 0 unspecified atom stereocenters. The van der Waals surface area contributed by atoms with Gasteiger partial charge in [0, 0.05) is 42.1 Å². The molecule has 0 saturated heterocycles. The molecule has 0 aliphatic carbocycles. The van der Waals surface area contributed by atoms with Crippen molar-refractivity contribution in [3.05, 3.63) is 62.5 Å². The lowest BCUT2D eigenvalue weighted by atomic mass is 10.2. The van der Waals surface area contributed by atoms with Crippen LogP contribution in [-0.4, -0.2) is 24.8 Å². The lowest BCUT2D eigenvalue weighted by Gasteiger charge is -2.17. The Morgan fingerprint density at radius 2 is 1.81 bits per heavy atom. The Labute approximate surface area is 132 Å². The molecule has 0 aliphatic heterocycles. The first-order valence-corrected chi connectivity index (χ1v) is 8.09. The summed E-state index contributed by atoms with van der Waals surface area (Å²) >= 11 is 11.8. The van der Waals surface area contributed by atoms with Gasteiger partial charge in [0.15, 0.2) is 0 Å². The van der Waals surface area contributed by atoms with E-state index in [9.17, 15) is 13.2 Å². The van der Waals surface area contributed by atoms with Gasteiger partial charge in [-0.25, -0.2) is 8.42 Å². The second-order valence-electron chi connectivity index (χ2n) is 4.41. The van der Waals surface area contributed by atoms with Crippen molar-refractivity contribution >= 4 is 33.2 Å². The predicted octanol–water partition coefficient (Wildman–Crippen LogP) is 2.50. The lowest BCUT2D eigenvalue weighted by Crippen LogP contribution is -2.30. The molecule has 0 spiro atoms. The number of halogens is 2. The van der Waals surface area contributed by atoms with Gasteiger partial charge in [0.2, 0.25) is 15.5 Å². The van der Waals surface area contributed by atoms with Crippen molar-refractivity contribution in [2.45, 2.75) is 11.4 Å². The number of nitrogens with one attached hydrogen (secondary N) is 1. The van der Waals surface area contributed by atoms with Gasteiger partial charge in [-0.15, -0.1) is 0 Å². The van der Waals surface area contributed by atoms with E-state index in [-0.39, 0.29) is 11.4 Å². The molecule has 0 radical (unpaired) electrons. The number of hydrogen-bond acceptors (Lipinski definition) is 3. The maximum absolute atomic E-state index is 12.4. The fraction of sp³-hybridized carbons (Fsp3) is 0.154. The number of benzene rings is 1. The fourth-order valence-electron chi connectivity index (χ4n) is 1.81. The molecule has 8 heteroatoms. The SMILES string of the molecule is CN(Cc1cc(Cl)cc(Cl)c1)S(=O)(=O)c1c[nH]ccc1=O. The third-order valence-electron chi connectivity index (χ3n) is 2.80. The van der Waals surface area contributed by atoms with E-state index in [1.54, 1.807) is 18.2 Å². The third-order valence-corrected chi connectivity index (χ3v) is 5.07. The van der Waals surface area contributed by atoms with Crippen LogP contribution in [0.25, 0.3) is 0 Å². The third kappa shape index (κ3) is 3.65. The molecule has 1 aromatic heterocycles. The highest BCUT2D eigenvalue weighted by Crippen LogP contribution is 2.21. The van der Waals surface area contributed by atoms with Crippen LogP contribution in [0.15, 0.2) is 46.3 Å². The van der Waals surface area contributed by atoms with E-state index < -0.39 is 15.5 Å². The fourth-order valence-corrected chi connectivity index (χ4v) is 3.58. The summed E-state index contributed by atoms with van der Waals surface area (Å²) in [6.45, 7) is 0.0525. The molecule has 1 N–H and O–H groups in total. The van der Waals surface area contributed by atoms with Gasteiger partial charge in [-0.05, 0) is 23.8 Å². The van der Waals surface area contributed by atoms with Gasteiger partial charge in [-0.1, -0.05) is 23.2 Å². The van der Waals surface area contributed by atoms with E-state index >= 15 is 0 Å². The summed E-state index contributed by atoms with van der Waals surface area (Å²) in [7, 11) is -2.50. The average molecular weight is 347 g/mol. The summed E-state index contributed by atoms with van der Waals surface area (Å²) in [4.78, 5) is 14.0. The van der Waals surface area contributed by atoms with Gasteiger partial charge in [0.25, 0.3) is 0 Å². The van der Waals surface area contributed by atoms with Gasteiger partial charge in [-0.3, -0.25) is 4.79 Å². The number of aromatic nitrogens is 1. The van der Waals surface area contributed by atoms with E-state index in [0.717, 1.165) is 10.4 Å². The molecular formula is C13H12Cl2N2O3S. The minimum Gasteiger partial charge on any atom is -0.366 e. The number of H-pyrrole nitrogens is 1. The topological polar surface area (TPSA) is 70.2 Å². The minimum absolute atomic E-state index is 0.0525. The molecular weight excluding hydrogens is 335 g/mol. The first-order chi connectivity index (χ1) is 9.80. The Morgan fingerprint density at radius 3 is 2.38 bits per heavy atom. The summed E-state index contributed by atoms with van der Waals surface area (Å²) in [5.41, 5.74) is 0.0654. The van der Waals surface area contributed by atoms with Gasteiger partial charge in [0.05, 0.1) is 0 Å². The van der Waals surface area contributed by atoms with Crippen LogP contribution in [0.5, 0.6) is 0 Å². The number of pyridine rings is 1. The number of sulfonamides is 1. The molecule has 1 aromatic carbocycles. The number of rotatable bonds is 4. The van der Waals surface area contributed by atoms with Crippen LogP contribution in [0.3, 0.4) is 0 Å². The highest BCUT2D eigenvalue weighted by atomic mass is 35.5. The van der Waals surface area contributed by atoms with E-state index in [1.807, 2.05) is 0 Å². The van der Waals surface area contributed by atoms with Crippen molar-refractivity contribution in [3.8, 4) is 0 Å². The molecule has 0 amide bonds. The summed E-state index contributed by atoms with van der Waals surface area (Å²) < 4.78 is 25.8. The quantitative estimate of drug-likeness (QED) is 0.924. The molecule has 0 aliphatic rings. The van der Waals surface area contributed by atoms with Crippen LogP contribution in [-0.2, 0) is 16.6 Å². The Kier molecular flexibility index (Phi) is 4.73. The van der Waals surface area contributed by atoms with Crippen LogP contribution >= 0.6 is 23.2 Å². The van der Waals surface area contributed by atoms with Crippen LogP contribution in [0.1, 0.15) is 5.56 Å². The van der Waals surface area contributed by atoms with Crippen molar-refractivity contribution in [2.24, 2.45) is 0 Å². The summed E-state index contributed by atoms with van der Waals surface area (Å²) in [5, 5.41) is 0.835. The Bertz CT molecular complexity index is 798. The first-order valence-electron chi connectivity index (χ1n) is 5.89. The zero-order valence-electron chi connectivity index (χ0n) is 11.0. The average Bonchev–Trinajstić information content (AvgIpc) is 2.37. The molecule has 112 valence electrons. The molecule has 2 aromatic rings. The lowest BCUT2D eigenvalue weighted by molar-refractivity contribution is 0.466. The summed E-state index contributed by atoms with van der Waals surface area (Å²) in [6, 6.07) is 5.96. The minimum atomic E-state index is -3.89. The monoisotopic (exact) mass is 346 g/mol. The Hall–Kier alpha value is -1.34. The molecule has 1 heterocycles. The van der Waals surface area contributed by atoms with Gasteiger partial charge >= 0.3 is 0 Å². The molecule has 0 atom stereocenters. The predicted molar refractivity (Wildman–Crippen MR) is 82.2 cm³/mol. The van der Waals surface area contributed by atoms with E-state index in [4.69, 9.17) is 23.2 Å². The van der Waals surface area contributed by atoms with Crippen molar-refractivity contribution < 1.29 is 8.42 Å². The van der Waals surface area contributed by atoms with Crippen LogP contribution in [0.2, 0.25) is 10.0 Å². The normalized spacial score (nSPS) is 11.8. The Balaban J connectivity index is 2.33. The summed E-state index contributed by atoms with van der Waals surface area (Å²) in [6.07, 6.45) is 2.54. The van der Waals surface area contributed by atoms with Gasteiger partial charge in [-0.2, -0.15) is 4.31 Å². The maximum Gasteiger partial charge on any atom is 0.248 e. The number of aromatic amines is 1. The van der Waals surface area contributed by atoms with Gasteiger partial charge < -0.3 is 4.98 Å². The van der Waals surface area contributed by atoms with E-state index in [2.05, 4.69) is 4.98 Å². The molecule has 0 fully saturated rings. The van der Waals surface area contributed by atoms with Crippen LogP contribution < -0.4 is 5.43 Å². The van der Waals surface area contributed by atoms with E-state index in [0.29, 0.717) is 15.6 Å². The van der Waals surface area contributed by atoms with Crippen molar-refractivity contribution in [3.63, 3.8) is 0 Å². The smallest absolute Gasteiger partial charge is 0.248 e. The second-order valence-corrected chi connectivity index (χ2v) is 7.30. The molecule has 2 rings (SSSR count). The van der Waals surface area contributed by atoms with Crippen molar-refractivity contribution in [1.82, 2.24) is 9.29 Å². The maximum atomic E-state index is 12.4. The summed E-state index contributed by atoms with van der Waals surface area (Å²) in [5.74, 6) is 0. The molecule has 0 saturated carbocycles. The largest absolute Gasteiger partial charge is 0.366 e. The van der Waals surface area contributed by atoms with Crippen molar-refractivity contribution in [2.75, 3.05) is 7.05 Å². The second kappa shape index (κ2) is 6.19. The molecule has 5 nitrogen and oxygen atoms in total. The first kappa shape index (κ1) is 16.0.